The number of hydrogen-bond acceptors (Lipinski definition) is 0. The fraction of sp³-hybridized carbons (Fsp3) is 1.00. The molecule has 0 fully saturated rings. The van der Waals surface area contributed by atoms with Gasteiger partial charge < -0.3 is 0 Å². The molecule has 0 saturated carbocycles. The second-order valence-electron chi connectivity index (χ2n) is 12.2. The third-order valence-corrected chi connectivity index (χ3v) is 12.9. The molecule has 1 heteroatoms. The minimum absolute atomic E-state index is 0.631. The number of hydrogen-bond donors (Lipinski definition) is 0. The van der Waals surface area contributed by atoms with Gasteiger partial charge >= 0.3 is 0 Å². The molecule has 6 atom stereocenters. The SMILES string of the molecule is CCC(C)CCCC(C)[CH2][Al]([CH2]C(C)CCCC(C)CC)[CH2]C(C)CCCC(C)CC. The van der Waals surface area contributed by atoms with Crippen LogP contribution in [-0.2, 0) is 0 Å². The Kier molecular flexibility index (Phi) is 20.3. The van der Waals surface area contributed by atoms with Gasteiger partial charge in [-0.15, -0.1) is 0 Å². The van der Waals surface area contributed by atoms with Gasteiger partial charge in [-0.3, -0.25) is 0 Å². The van der Waals surface area contributed by atoms with Crippen LogP contribution in [0.2, 0.25) is 15.8 Å². The van der Waals surface area contributed by atoms with Crippen LogP contribution < -0.4 is 0 Å². The van der Waals surface area contributed by atoms with Crippen LogP contribution in [0.15, 0.2) is 0 Å². The van der Waals surface area contributed by atoms with Crippen LogP contribution in [0.5, 0.6) is 0 Å². The molecule has 0 amide bonds. The smallest absolute Gasteiger partial charge is 0.0913 e. The average molecular weight is 451 g/mol. The van der Waals surface area contributed by atoms with Crippen molar-refractivity contribution in [3.63, 3.8) is 0 Å². The Bertz CT molecular complexity index is 322. The van der Waals surface area contributed by atoms with Crippen LogP contribution in [-0.4, -0.2) is 14.1 Å². The molecule has 0 aromatic heterocycles. The molecule has 0 aliphatic heterocycles. The van der Waals surface area contributed by atoms with E-state index in [4.69, 9.17) is 0 Å². The Labute approximate surface area is 204 Å². The predicted octanol–water partition coefficient (Wildman–Crippen LogP) is 11.0. The second kappa shape index (κ2) is 20.0. The summed E-state index contributed by atoms with van der Waals surface area (Å²) >= 11 is -0.631. The van der Waals surface area contributed by atoms with Crippen molar-refractivity contribution in [1.82, 2.24) is 0 Å². The standard InChI is InChI=1S/3C10H21.Al/c3*1-5-10(4)8-6-7-9(2)3;/h3*9-10H,2,5-8H2,1,3-4H3;. The maximum Gasteiger partial charge on any atom is 0.262 e. The summed E-state index contributed by atoms with van der Waals surface area (Å²) in [7, 11) is 0. The first-order valence-corrected chi connectivity index (χ1v) is 17.2. The van der Waals surface area contributed by atoms with E-state index in [0.29, 0.717) is 0 Å². The molecule has 0 aromatic rings. The van der Waals surface area contributed by atoms with E-state index in [1.165, 1.54) is 77.0 Å². The predicted molar refractivity (Wildman–Crippen MR) is 148 cm³/mol. The monoisotopic (exact) mass is 450 g/mol. The maximum atomic E-state index is 2.58. The Balaban J connectivity index is 4.57. The van der Waals surface area contributed by atoms with Gasteiger partial charge in [-0.1, -0.05) is 173 Å². The highest BCUT2D eigenvalue weighted by molar-refractivity contribution is 6.59. The molecular formula is C30H63Al. The summed E-state index contributed by atoms with van der Waals surface area (Å²) in [6.07, 6.45) is 17.3. The molecule has 6 unspecified atom stereocenters. The van der Waals surface area contributed by atoms with E-state index in [9.17, 15) is 0 Å². The van der Waals surface area contributed by atoms with Crippen LogP contribution >= 0.6 is 0 Å². The summed E-state index contributed by atoms with van der Waals surface area (Å²) in [5.74, 6) is 5.70. The van der Waals surface area contributed by atoms with Crippen molar-refractivity contribution in [2.45, 2.75) is 155 Å². The lowest BCUT2D eigenvalue weighted by atomic mass is 9.98. The van der Waals surface area contributed by atoms with Crippen molar-refractivity contribution < 1.29 is 0 Å². The normalized spacial score (nSPS) is 17.7. The molecule has 0 radical (unpaired) electrons. The topological polar surface area (TPSA) is 0 Å². The molecule has 31 heavy (non-hydrogen) atoms. The van der Waals surface area contributed by atoms with Gasteiger partial charge in [-0.2, -0.15) is 0 Å². The molecule has 0 nitrogen and oxygen atoms in total. The lowest BCUT2D eigenvalue weighted by Gasteiger charge is -2.24. The fourth-order valence-electron chi connectivity index (χ4n) is 5.41. The highest BCUT2D eigenvalue weighted by atomic mass is 27.2. The first kappa shape index (κ1) is 31.5. The highest BCUT2D eigenvalue weighted by Crippen LogP contribution is 2.29. The molecule has 0 rings (SSSR count). The largest absolute Gasteiger partial charge is 0.262 e. The molecule has 0 bridgehead atoms. The third-order valence-electron chi connectivity index (χ3n) is 8.48. The first-order chi connectivity index (χ1) is 14.7. The summed E-state index contributed by atoms with van der Waals surface area (Å²) < 4.78 is 0. The summed E-state index contributed by atoms with van der Waals surface area (Å²) in [4.78, 5) is 0. The molecule has 186 valence electrons. The van der Waals surface area contributed by atoms with E-state index in [1.807, 2.05) is 0 Å². The van der Waals surface area contributed by atoms with Gasteiger partial charge in [0.25, 0.3) is 14.1 Å². The van der Waals surface area contributed by atoms with Crippen molar-refractivity contribution in [3.8, 4) is 0 Å². The van der Waals surface area contributed by atoms with Crippen molar-refractivity contribution >= 4 is 14.1 Å². The van der Waals surface area contributed by atoms with Crippen LogP contribution in [0.25, 0.3) is 0 Å². The van der Waals surface area contributed by atoms with Gasteiger partial charge in [0.1, 0.15) is 0 Å². The van der Waals surface area contributed by atoms with Gasteiger partial charge in [-0.25, -0.2) is 0 Å². The molecule has 0 aromatic carbocycles. The quantitative estimate of drug-likeness (QED) is 0.152. The van der Waals surface area contributed by atoms with Gasteiger partial charge in [0.05, 0.1) is 0 Å². The molecule has 0 spiro atoms. The van der Waals surface area contributed by atoms with Crippen LogP contribution in [0.4, 0.5) is 0 Å². The van der Waals surface area contributed by atoms with Crippen LogP contribution in [0.3, 0.4) is 0 Å². The molecule has 0 aliphatic rings. The van der Waals surface area contributed by atoms with Crippen molar-refractivity contribution in [3.05, 3.63) is 0 Å². The minimum Gasteiger partial charge on any atom is -0.0913 e. The summed E-state index contributed by atoms with van der Waals surface area (Å²) in [5.41, 5.74) is 0. The average Bonchev–Trinajstić information content (AvgIpc) is 2.72. The number of rotatable bonds is 21. The summed E-state index contributed by atoms with van der Waals surface area (Å²) in [6, 6.07) is 0. The van der Waals surface area contributed by atoms with Gasteiger partial charge in [0, 0.05) is 0 Å². The van der Waals surface area contributed by atoms with Crippen molar-refractivity contribution in [1.29, 1.82) is 0 Å². The molecular weight excluding hydrogens is 387 g/mol. The zero-order valence-corrected chi connectivity index (χ0v) is 24.8. The van der Waals surface area contributed by atoms with E-state index < -0.39 is 14.1 Å². The first-order valence-electron chi connectivity index (χ1n) is 14.7. The zero-order valence-electron chi connectivity index (χ0n) is 23.6. The van der Waals surface area contributed by atoms with Gasteiger partial charge in [0.2, 0.25) is 0 Å². The van der Waals surface area contributed by atoms with E-state index in [-0.39, 0.29) is 0 Å². The molecule has 0 saturated heterocycles. The Hall–Kier alpha value is 0.532. The Morgan fingerprint density at radius 2 is 0.613 bits per heavy atom. The fourth-order valence-corrected chi connectivity index (χ4v) is 10.1. The van der Waals surface area contributed by atoms with Crippen molar-refractivity contribution in [2.75, 3.05) is 0 Å². The Morgan fingerprint density at radius 1 is 0.387 bits per heavy atom. The second-order valence-corrected chi connectivity index (χ2v) is 15.4. The summed E-state index contributed by atoms with van der Waals surface area (Å²) in [5, 5.41) is 4.85. The maximum absolute atomic E-state index is 2.58. The zero-order chi connectivity index (χ0) is 23.6. The van der Waals surface area contributed by atoms with E-state index in [1.54, 1.807) is 15.8 Å². The highest BCUT2D eigenvalue weighted by Gasteiger charge is 2.24. The third kappa shape index (κ3) is 18.6. The van der Waals surface area contributed by atoms with E-state index in [2.05, 4.69) is 62.3 Å². The van der Waals surface area contributed by atoms with Crippen molar-refractivity contribution in [2.24, 2.45) is 35.5 Å². The molecule has 0 N–H and O–H groups in total. The van der Waals surface area contributed by atoms with E-state index in [0.717, 1.165) is 35.5 Å². The van der Waals surface area contributed by atoms with Gasteiger partial charge in [-0.05, 0) is 17.8 Å². The summed E-state index contributed by atoms with van der Waals surface area (Å²) in [6.45, 7) is 22.1. The van der Waals surface area contributed by atoms with Crippen LogP contribution in [0, 0.1) is 35.5 Å². The van der Waals surface area contributed by atoms with Gasteiger partial charge in [0.15, 0.2) is 0 Å². The molecule has 0 aliphatic carbocycles. The van der Waals surface area contributed by atoms with E-state index >= 15 is 0 Å². The lowest BCUT2D eigenvalue weighted by Crippen LogP contribution is -2.22. The minimum atomic E-state index is -0.631. The molecule has 0 heterocycles. The van der Waals surface area contributed by atoms with Crippen LogP contribution in [0.1, 0.15) is 139 Å². The Morgan fingerprint density at radius 3 is 0.839 bits per heavy atom. The lowest BCUT2D eigenvalue weighted by molar-refractivity contribution is 0.434.